The van der Waals surface area contributed by atoms with E-state index in [1.807, 2.05) is 0 Å². The van der Waals surface area contributed by atoms with Gasteiger partial charge in [0.25, 0.3) is 0 Å². The van der Waals surface area contributed by atoms with Crippen molar-refractivity contribution in [1.29, 1.82) is 0 Å². The largest absolute Gasteiger partial charge is 0.508 e. The molecule has 1 aromatic carbocycles. The highest BCUT2D eigenvalue weighted by Crippen LogP contribution is 2.39. The molecule has 0 spiro atoms. The summed E-state index contributed by atoms with van der Waals surface area (Å²) in [5.41, 5.74) is -3.67. The smallest absolute Gasteiger partial charge is 0.378 e. The van der Waals surface area contributed by atoms with Crippen LogP contribution in [0.4, 0.5) is 8.78 Å². The lowest BCUT2D eigenvalue weighted by Crippen LogP contribution is -2.48. The number of carboxylic acids is 1. The Balaban J connectivity index is 3.35. The molecular formula is C10H10F2O5. The molecule has 0 aliphatic carbocycles. The Morgan fingerprint density at radius 3 is 1.94 bits per heavy atom. The molecular weight excluding hydrogens is 238 g/mol. The molecule has 1 unspecified atom stereocenters. The van der Waals surface area contributed by atoms with Crippen LogP contribution in [-0.4, -0.2) is 32.3 Å². The molecule has 0 aromatic heterocycles. The van der Waals surface area contributed by atoms with Gasteiger partial charge in [-0.3, -0.25) is 0 Å². The average Bonchev–Trinajstić information content (AvgIpc) is 2.15. The molecule has 0 saturated heterocycles. The lowest BCUT2D eigenvalue weighted by atomic mass is 9.89. The van der Waals surface area contributed by atoms with Crippen molar-refractivity contribution in [1.82, 2.24) is 0 Å². The second-order valence-electron chi connectivity index (χ2n) is 3.69. The van der Waals surface area contributed by atoms with E-state index < -0.39 is 34.6 Å². The van der Waals surface area contributed by atoms with E-state index in [1.54, 1.807) is 0 Å². The zero-order chi connectivity index (χ0) is 13.4. The molecule has 0 heterocycles. The van der Waals surface area contributed by atoms with E-state index in [0.29, 0.717) is 6.92 Å². The number of rotatable bonds is 3. The maximum absolute atomic E-state index is 13.3. The van der Waals surface area contributed by atoms with E-state index in [2.05, 4.69) is 0 Å². The van der Waals surface area contributed by atoms with Crippen LogP contribution in [-0.2, 0) is 10.4 Å². The molecule has 4 N–H and O–H groups in total. The number of carbonyl (C=O) groups is 1. The number of phenolic OH excluding ortho intramolecular Hbond substituents is 2. The van der Waals surface area contributed by atoms with E-state index >= 15 is 0 Å². The second-order valence-corrected chi connectivity index (χ2v) is 3.69. The van der Waals surface area contributed by atoms with Crippen molar-refractivity contribution in [2.45, 2.75) is 18.4 Å². The highest BCUT2D eigenvalue weighted by Gasteiger charge is 2.57. The van der Waals surface area contributed by atoms with Crippen LogP contribution in [0.2, 0.25) is 0 Å². The van der Waals surface area contributed by atoms with Gasteiger partial charge in [0.05, 0.1) is 0 Å². The van der Waals surface area contributed by atoms with Gasteiger partial charge in [-0.2, -0.15) is 8.78 Å². The molecule has 94 valence electrons. The highest BCUT2D eigenvalue weighted by molar-refractivity contribution is 5.77. The molecule has 0 saturated carbocycles. The number of aliphatic carboxylic acids is 1. The van der Waals surface area contributed by atoms with Crippen LogP contribution in [0.3, 0.4) is 0 Å². The van der Waals surface area contributed by atoms with Gasteiger partial charge in [0, 0.05) is 6.07 Å². The summed E-state index contributed by atoms with van der Waals surface area (Å²) in [6.07, 6.45) is 0. The van der Waals surface area contributed by atoms with Crippen LogP contribution in [0.5, 0.6) is 11.5 Å². The van der Waals surface area contributed by atoms with Gasteiger partial charge in [-0.1, -0.05) is 0 Å². The summed E-state index contributed by atoms with van der Waals surface area (Å²) in [5.74, 6) is -8.11. The van der Waals surface area contributed by atoms with Gasteiger partial charge >= 0.3 is 11.9 Å². The third-order valence-corrected chi connectivity index (χ3v) is 2.34. The molecule has 0 bridgehead atoms. The van der Waals surface area contributed by atoms with Crippen molar-refractivity contribution in [2.24, 2.45) is 0 Å². The Bertz CT molecular complexity index is 436. The van der Waals surface area contributed by atoms with Gasteiger partial charge < -0.3 is 20.4 Å². The summed E-state index contributed by atoms with van der Waals surface area (Å²) in [6.45, 7) is 0.579. The Morgan fingerprint density at radius 2 is 1.59 bits per heavy atom. The van der Waals surface area contributed by atoms with Crippen molar-refractivity contribution in [3.05, 3.63) is 23.8 Å². The predicted molar refractivity (Wildman–Crippen MR) is 51.9 cm³/mol. The SMILES string of the molecule is CC(O)(c1cc(O)cc(O)c1)C(F)(F)C(=O)O. The third kappa shape index (κ3) is 2.14. The van der Waals surface area contributed by atoms with Crippen LogP contribution in [0.15, 0.2) is 18.2 Å². The van der Waals surface area contributed by atoms with Gasteiger partial charge in [0.1, 0.15) is 11.5 Å². The standard InChI is InChI=1S/C10H10F2O5/c1-9(17,10(11,12)8(15)16)5-2-6(13)4-7(14)3-5/h2-4,13-14,17H,1H3,(H,15,16). The highest BCUT2D eigenvalue weighted by atomic mass is 19.3. The van der Waals surface area contributed by atoms with Gasteiger partial charge in [0.2, 0.25) is 0 Å². The van der Waals surface area contributed by atoms with Crippen LogP contribution in [0.1, 0.15) is 12.5 Å². The maximum atomic E-state index is 13.3. The fraction of sp³-hybridized carbons (Fsp3) is 0.300. The Morgan fingerprint density at radius 1 is 1.18 bits per heavy atom. The fourth-order valence-electron chi connectivity index (χ4n) is 1.27. The Hall–Kier alpha value is -1.89. The van der Waals surface area contributed by atoms with Gasteiger partial charge in [0.15, 0.2) is 5.60 Å². The molecule has 0 aliphatic heterocycles. The number of aromatic hydroxyl groups is 2. The lowest BCUT2D eigenvalue weighted by molar-refractivity contribution is -0.207. The van der Waals surface area contributed by atoms with E-state index in [-0.39, 0.29) is 0 Å². The molecule has 7 heteroatoms. The number of benzene rings is 1. The summed E-state index contributed by atoms with van der Waals surface area (Å²) >= 11 is 0. The van der Waals surface area contributed by atoms with Crippen LogP contribution in [0.25, 0.3) is 0 Å². The van der Waals surface area contributed by atoms with E-state index in [0.717, 1.165) is 18.2 Å². The van der Waals surface area contributed by atoms with E-state index in [4.69, 9.17) is 15.3 Å². The van der Waals surface area contributed by atoms with Crippen LogP contribution < -0.4 is 0 Å². The number of alkyl halides is 2. The second kappa shape index (κ2) is 3.85. The molecule has 1 atom stereocenters. The average molecular weight is 248 g/mol. The molecule has 0 amide bonds. The monoisotopic (exact) mass is 248 g/mol. The topological polar surface area (TPSA) is 98.0 Å². The zero-order valence-electron chi connectivity index (χ0n) is 8.69. The summed E-state index contributed by atoms with van der Waals surface area (Å²) in [6, 6.07) is 2.35. The molecule has 5 nitrogen and oxygen atoms in total. The number of hydrogen-bond donors (Lipinski definition) is 4. The molecule has 17 heavy (non-hydrogen) atoms. The zero-order valence-corrected chi connectivity index (χ0v) is 8.69. The Labute approximate surface area is 94.6 Å². The summed E-state index contributed by atoms with van der Waals surface area (Å²) in [5, 5.41) is 36.1. The first-order chi connectivity index (χ1) is 7.59. The minimum atomic E-state index is -4.47. The molecule has 0 aliphatic rings. The minimum Gasteiger partial charge on any atom is -0.508 e. The van der Waals surface area contributed by atoms with E-state index in [9.17, 15) is 18.7 Å². The van der Waals surface area contributed by atoms with Gasteiger partial charge in [-0.05, 0) is 24.6 Å². The summed E-state index contributed by atoms with van der Waals surface area (Å²) in [4.78, 5) is 10.4. The number of aliphatic hydroxyl groups is 1. The van der Waals surface area contributed by atoms with Crippen LogP contribution >= 0.6 is 0 Å². The minimum absolute atomic E-state index is 0.568. The maximum Gasteiger partial charge on any atom is 0.378 e. The third-order valence-electron chi connectivity index (χ3n) is 2.34. The number of hydrogen-bond acceptors (Lipinski definition) is 4. The fourth-order valence-corrected chi connectivity index (χ4v) is 1.27. The van der Waals surface area contributed by atoms with Crippen molar-refractivity contribution >= 4 is 5.97 Å². The van der Waals surface area contributed by atoms with Crippen molar-refractivity contribution in [2.75, 3.05) is 0 Å². The summed E-state index contributed by atoms with van der Waals surface area (Å²) < 4.78 is 26.5. The normalized spacial score (nSPS) is 15.3. The van der Waals surface area contributed by atoms with E-state index in [1.165, 1.54) is 0 Å². The van der Waals surface area contributed by atoms with Gasteiger partial charge in [-0.25, -0.2) is 4.79 Å². The molecule has 1 rings (SSSR count). The van der Waals surface area contributed by atoms with Crippen molar-refractivity contribution in [3.63, 3.8) is 0 Å². The first-order valence-corrected chi connectivity index (χ1v) is 4.46. The molecule has 0 radical (unpaired) electrons. The first kappa shape index (κ1) is 13.2. The lowest BCUT2D eigenvalue weighted by Gasteiger charge is -2.29. The molecule has 0 fully saturated rings. The number of halogens is 2. The van der Waals surface area contributed by atoms with Gasteiger partial charge in [-0.15, -0.1) is 0 Å². The first-order valence-electron chi connectivity index (χ1n) is 4.46. The summed E-state index contributed by atoms with van der Waals surface area (Å²) in [7, 11) is 0. The quantitative estimate of drug-likeness (QED) is 0.640. The number of carboxylic acid groups (broad SMARTS) is 1. The Kier molecular flexibility index (Phi) is 2.98. The molecule has 1 aromatic rings. The van der Waals surface area contributed by atoms with Crippen LogP contribution in [0, 0.1) is 0 Å². The van der Waals surface area contributed by atoms with Crippen molar-refractivity contribution < 1.29 is 34.0 Å². The number of phenols is 2. The van der Waals surface area contributed by atoms with Crippen molar-refractivity contribution in [3.8, 4) is 11.5 Å². The predicted octanol–water partition coefficient (Wildman–Crippen LogP) is 1.03.